The van der Waals surface area contributed by atoms with E-state index >= 15 is 0 Å². The molecule has 0 saturated heterocycles. The number of benzene rings is 1. The molecular formula is C14H16O3. The standard InChI is InChI=1S/C14H16O3/c15-13-7-6-12-11(13)2-1-3-14(12)17-9-16-8-10-4-5-10/h1-3,10H,4-9H2. The van der Waals surface area contributed by atoms with Crippen LogP contribution in [0.1, 0.15) is 35.2 Å². The average molecular weight is 232 g/mol. The fourth-order valence-corrected chi connectivity index (χ4v) is 2.20. The predicted molar refractivity (Wildman–Crippen MR) is 63.3 cm³/mol. The zero-order valence-electron chi connectivity index (χ0n) is 9.78. The van der Waals surface area contributed by atoms with Gasteiger partial charge in [-0.3, -0.25) is 4.79 Å². The number of hydrogen-bond donors (Lipinski definition) is 0. The largest absolute Gasteiger partial charge is 0.467 e. The molecule has 0 N–H and O–H groups in total. The summed E-state index contributed by atoms with van der Waals surface area (Å²) < 4.78 is 11.0. The Morgan fingerprint density at radius 1 is 1.24 bits per heavy atom. The summed E-state index contributed by atoms with van der Waals surface area (Å²) in [6.45, 7) is 1.09. The number of ether oxygens (including phenoxy) is 2. The van der Waals surface area contributed by atoms with Crippen LogP contribution in [0.15, 0.2) is 18.2 Å². The van der Waals surface area contributed by atoms with E-state index < -0.39 is 0 Å². The second-order valence-electron chi connectivity index (χ2n) is 4.78. The average Bonchev–Trinajstić information content (AvgIpc) is 3.09. The third-order valence-electron chi connectivity index (χ3n) is 3.38. The number of Topliss-reactive ketones (excluding diaryl/α,β-unsaturated/α-hetero) is 1. The van der Waals surface area contributed by atoms with Crippen molar-refractivity contribution in [3.63, 3.8) is 0 Å². The van der Waals surface area contributed by atoms with Gasteiger partial charge in [0.25, 0.3) is 0 Å². The number of hydrogen-bond acceptors (Lipinski definition) is 3. The van der Waals surface area contributed by atoms with Crippen molar-refractivity contribution in [1.82, 2.24) is 0 Å². The first-order valence-corrected chi connectivity index (χ1v) is 6.20. The van der Waals surface area contributed by atoms with Crippen molar-refractivity contribution >= 4 is 5.78 Å². The monoisotopic (exact) mass is 232 g/mol. The molecule has 0 heterocycles. The molecule has 0 spiro atoms. The van der Waals surface area contributed by atoms with E-state index in [9.17, 15) is 4.79 Å². The van der Waals surface area contributed by atoms with E-state index in [2.05, 4.69) is 0 Å². The third-order valence-corrected chi connectivity index (χ3v) is 3.38. The quantitative estimate of drug-likeness (QED) is 0.578. The molecule has 0 amide bonds. The lowest BCUT2D eigenvalue weighted by Gasteiger charge is -2.10. The van der Waals surface area contributed by atoms with Gasteiger partial charge in [0.2, 0.25) is 0 Å². The Bertz CT molecular complexity index is 435. The highest BCUT2D eigenvalue weighted by atomic mass is 16.7. The van der Waals surface area contributed by atoms with Gasteiger partial charge in [-0.2, -0.15) is 0 Å². The molecule has 0 aromatic heterocycles. The van der Waals surface area contributed by atoms with Gasteiger partial charge in [-0.1, -0.05) is 12.1 Å². The number of fused-ring (bicyclic) bond motifs is 1. The van der Waals surface area contributed by atoms with E-state index in [1.54, 1.807) is 0 Å². The molecule has 1 aromatic carbocycles. The van der Waals surface area contributed by atoms with E-state index in [4.69, 9.17) is 9.47 Å². The molecule has 3 nitrogen and oxygen atoms in total. The lowest BCUT2D eigenvalue weighted by molar-refractivity contribution is 0.00951. The Labute approximate surface area is 101 Å². The highest BCUT2D eigenvalue weighted by Crippen LogP contribution is 2.31. The van der Waals surface area contributed by atoms with E-state index in [-0.39, 0.29) is 5.78 Å². The summed E-state index contributed by atoms with van der Waals surface area (Å²) in [4.78, 5) is 11.6. The molecule has 17 heavy (non-hydrogen) atoms. The maximum absolute atomic E-state index is 11.6. The van der Waals surface area contributed by atoms with Crippen molar-refractivity contribution in [2.75, 3.05) is 13.4 Å². The van der Waals surface area contributed by atoms with Gasteiger partial charge >= 0.3 is 0 Å². The summed E-state index contributed by atoms with van der Waals surface area (Å²) in [6, 6.07) is 5.67. The van der Waals surface area contributed by atoms with E-state index in [1.807, 2.05) is 18.2 Å². The van der Waals surface area contributed by atoms with Crippen molar-refractivity contribution in [2.45, 2.75) is 25.7 Å². The lowest BCUT2D eigenvalue weighted by atomic mass is 10.1. The molecule has 2 aliphatic rings. The molecule has 1 aromatic rings. The van der Waals surface area contributed by atoms with Crippen LogP contribution in [-0.2, 0) is 11.2 Å². The SMILES string of the molecule is O=C1CCc2c(OCOCC3CC3)cccc21. The van der Waals surface area contributed by atoms with Crippen LogP contribution in [0.4, 0.5) is 0 Å². The molecule has 1 saturated carbocycles. The van der Waals surface area contributed by atoms with Crippen LogP contribution >= 0.6 is 0 Å². The van der Waals surface area contributed by atoms with Crippen molar-refractivity contribution in [3.05, 3.63) is 29.3 Å². The minimum absolute atomic E-state index is 0.226. The molecule has 0 aliphatic heterocycles. The van der Waals surface area contributed by atoms with Gasteiger partial charge < -0.3 is 9.47 Å². The Morgan fingerprint density at radius 3 is 2.94 bits per heavy atom. The van der Waals surface area contributed by atoms with Crippen LogP contribution in [-0.4, -0.2) is 19.2 Å². The van der Waals surface area contributed by atoms with Gasteiger partial charge in [0, 0.05) is 17.5 Å². The second kappa shape index (κ2) is 4.49. The summed E-state index contributed by atoms with van der Waals surface area (Å²) in [5.41, 5.74) is 1.87. The molecule has 1 fully saturated rings. The molecule has 3 rings (SSSR count). The Kier molecular flexibility index (Phi) is 2.85. The van der Waals surface area contributed by atoms with E-state index in [0.29, 0.717) is 13.2 Å². The molecule has 2 aliphatic carbocycles. The number of rotatable bonds is 5. The number of ketones is 1. The number of carbonyl (C=O) groups excluding carboxylic acids is 1. The second-order valence-corrected chi connectivity index (χ2v) is 4.78. The molecular weight excluding hydrogens is 216 g/mol. The van der Waals surface area contributed by atoms with Crippen LogP contribution < -0.4 is 4.74 Å². The maximum atomic E-state index is 11.6. The van der Waals surface area contributed by atoms with Gasteiger partial charge in [0.15, 0.2) is 12.6 Å². The topological polar surface area (TPSA) is 35.5 Å². The van der Waals surface area contributed by atoms with Crippen LogP contribution in [0, 0.1) is 5.92 Å². The Morgan fingerprint density at radius 2 is 2.12 bits per heavy atom. The van der Waals surface area contributed by atoms with Gasteiger partial charge in [0.05, 0.1) is 6.61 Å². The zero-order chi connectivity index (χ0) is 11.7. The Hall–Kier alpha value is -1.35. The fourth-order valence-electron chi connectivity index (χ4n) is 2.20. The maximum Gasteiger partial charge on any atom is 0.189 e. The van der Waals surface area contributed by atoms with Gasteiger partial charge in [0.1, 0.15) is 5.75 Å². The fraction of sp³-hybridized carbons (Fsp3) is 0.500. The van der Waals surface area contributed by atoms with Crippen molar-refractivity contribution < 1.29 is 14.3 Å². The smallest absolute Gasteiger partial charge is 0.189 e. The van der Waals surface area contributed by atoms with Crippen molar-refractivity contribution in [3.8, 4) is 5.75 Å². The molecule has 0 bridgehead atoms. The predicted octanol–water partition coefficient (Wildman–Crippen LogP) is 2.58. The normalized spacial score (nSPS) is 18.2. The molecule has 0 atom stereocenters. The zero-order valence-corrected chi connectivity index (χ0v) is 9.78. The highest BCUT2D eigenvalue weighted by molar-refractivity contribution is 6.01. The van der Waals surface area contributed by atoms with Crippen LogP contribution in [0.3, 0.4) is 0 Å². The molecule has 0 radical (unpaired) electrons. The van der Waals surface area contributed by atoms with Crippen LogP contribution in [0.5, 0.6) is 5.75 Å². The minimum atomic E-state index is 0.226. The highest BCUT2D eigenvalue weighted by Gasteiger charge is 2.23. The third kappa shape index (κ3) is 2.34. The van der Waals surface area contributed by atoms with Gasteiger partial charge in [-0.25, -0.2) is 0 Å². The van der Waals surface area contributed by atoms with Crippen molar-refractivity contribution in [1.29, 1.82) is 0 Å². The summed E-state index contributed by atoms with van der Waals surface area (Å²) >= 11 is 0. The van der Waals surface area contributed by atoms with E-state index in [0.717, 1.165) is 35.8 Å². The lowest BCUT2D eigenvalue weighted by Crippen LogP contribution is -2.06. The Balaban J connectivity index is 1.60. The first-order chi connectivity index (χ1) is 8.34. The molecule has 0 unspecified atom stereocenters. The van der Waals surface area contributed by atoms with Crippen LogP contribution in [0.2, 0.25) is 0 Å². The summed E-state index contributed by atoms with van der Waals surface area (Å²) in [5, 5.41) is 0. The number of carbonyl (C=O) groups is 1. The first-order valence-electron chi connectivity index (χ1n) is 6.20. The van der Waals surface area contributed by atoms with Gasteiger partial charge in [-0.15, -0.1) is 0 Å². The summed E-state index contributed by atoms with van der Waals surface area (Å²) in [5.74, 6) is 1.79. The first kappa shape index (κ1) is 10.8. The summed E-state index contributed by atoms with van der Waals surface area (Å²) in [6.07, 6.45) is 3.98. The minimum Gasteiger partial charge on any atom is -0.467 e. The van der Waals surface area contributed by atoms with Crippen LogP contribution in [0.25, 0.3) is 0 Å². The van der Waals surface area contributed by atoms with Crippen molar-refractivity contribution in [2.24, 2.45) is 5.92 Å². The molecule has 90 valence electrons. The molecule has 3 heteroatoms. The van der Waals surface area contributed by atoms with E-state index in [1.165, 1.54) is 12.8 Å². The summed E-state index contributed by atoms with van der Waals surface area (Å²) in [7, 11) is 0. The van der Waals surface area contributed by atoms with Gasteiger partial charge in [-0.05, 0) is 31.2 Å².